The first-order chi connectivity index (χ1) is 9.95. The first-order valence-corrected chi connectivity index (χ1v) is 7.55. The van der Waals surface area contributed by atoms with Crippen molar-refractivity contribution in [2.24, 2.45) is 0 Å². The average molecular weight is 348 g/mol. The van der Waals surface area contributed by atoms with Gasteiger partial charge in [-0.3, -0.25) is 4.79 Å². The predicted molar refractivity (Wildman–Crippen MR) is 88.8 cm³/mol. The van der Waals surface area contributed by atoms with Crippen LogP contribution in [0.4, 0.5) is 5.69 Å². The third kappa shape index (κ3) is 4.33. The van der Waals surface area contributed by atoms with Crippen molar-refractivity contribution in [1.82, 2.24) is 0 Å². The molecule has 0 aliphatic heterocycles. The molecule has 2 rings (SSSR count). The van der Waals surface area contributed by atoms with Crippen molar-refractivity contribution < 1.29 is 9.53 Å². The number of hydrogen-bond acceptors (Lipinski definition) is 2. The molecule has 0 saturated carbocycles. The number of ether oxygens (including phenoxy) is 1. The van der Waals surface area contributed by atoms with Gasteiger partial charge < -0.3 is 10.1 Å². The predicted octanol–water partition coefficient (Wildman–Crippen LogP) is 4.47. The number of carbonyl (C=O) groups is 1. The largest absolute Gasteiger partial charge is 0.481 e. The zero-order chi connectivity index (χ0) is 15.4. The number of halogens is 1. The monoisotopic (exact) mass is 347 g/mol. The van der Waals surface area contributed by atoms with E-state index >= 15 is 0 Å². The van der Waals surface area contributed by atoms with E-state index in [4.69, 9.17) is 4.74 Å². The van der Waals surface area contributed by atoms with Gasteiger partial charge in [0.25, 0.3) is 5.91 Å². The molecule has 1 amide bonds. The lowest BCUT2D eigenvalue weighted by atomic mass is 10.2. The molecule has 2 aromatic rings. The van der Waals surface area contributed by atoms with E-state index < -0.39 is 6.10 Å². The minimum Gasteiger partial charge on any atom is -0.481 e. The van der Waals surface area contributed by atoms with Crippen molar-refractivity contribution in [3.8, 4) is 5.75 Å². The van der Waals surface area contributed by atoms with Crippen LogP contribution in [0, 0.1) is 13.8 Å². The summed E-state index contributed by atoms with van der Waals surface area (Å²) in [5.74, 6) is 0.515. The van der Waals surface area contributed by atoms with E-state index in [1.807, 2.05) is 56.3 Å². The molecule has 0 fully saturated rings. The fourth-order valence-corrected chi connectivity index (χ4v) is 2.49. The summed E-state index contributed by atoms with van der Waals surface area (Å²) in [5.41, 5.74) is 2.97. The third-order valence-corrected chi connectivity index (χ3v) is 3.71. The van der Waals surface area contributed by atoms with E-state index in [9.17, 15) is 4.79 Å². The fourth-order valence-electron chi connectivity index (χ4n) is 1.90. The summed E-state index contributed by atoms with van der Waals surface area (Å²) in [6, 6.07) is 13.4. The molecule has 1 atom stereocenters. The Kier molecular flexibility index (Phi) is 5.02. The SMILES string of the molecule is Cc1cccc(O[C@@H](C)C(=O)Nc2ccc(C)cc2Br)c1. The van der Waals surface area contributed by atoms with Crippen LogP contribution < -0.4 is 10.1 Å². The Morgan fingerprint density at radius 1 is 1.14 bits per heavy atom. The van der Waals surface area contributed by atoms with Crippen LogP contribution in [0.5, 0.6) is 5.75 Å². The lowest BCUT2D eigenvalue weighted by Crippen LogP contribution is -2.30. The molecule has 0 aromatic heterocycles. The lowest BCUT2D eigenvalue weighted by molar-refractivity contribution is -0.122. The number of aryl methyl sites for hydroxylation is 2. The number of hydrogen-bond donors (Lipinski definition) is 1. The maximum Gasteiger partial charge on any atom is 0.265 e. The number of amides is 1. The maximum absolute atomic E-state index is 12.2. The molecule has 3 nitrogen and oxygen atoms in total. The number of rotatable bonds is 4. The second kappa shape index (κ2) is 6.76. The Morgan fingerprint density at radius 3 is 2.52 bits per heavy atom. The summed E-state index contributed by atoms with van der Waals surface area (Å²) in [6.07, 6.45) is -0.569. The molecule has 0 radical (unpaired) electrons. The summed E-state index contributed by atoms with van der Waals surface area (Å²) in [7, 11) is 0. The van der Waals surface area contributed by atoms with Gasteiger partial charge in [-0.1, -0.05) is 18.2 Å². The molecule has 4 heteroatoms. The highest BCUT2D eigenvalue weighted by molar-refractivity contribution is 9.10. The summed E-state index contributed by atoms with van der Waals surface area (Å²) in [5, 5.41) is 2.86. The van der Waals surface area contributed by atoms with E-state index in [0.717, 1.165) is 21.3 Å². The molecule has 2 aromatic carbocycles. The highest BCUT2D eigenvalue weighted by Crippen LogP contribution is 2.24. The Labute approximate surface area is 133 Å². The second-order valence-corrected chi connectivity index (χ2v) is 5.90. The maximum atomic E-state index is 12.2. The van der Waals surface area contributed by atoms with Gasteiger partial charge in [-0.25, -0.2) is 0 Å². The van der Waals surface area contributed by atoms with Crippen molar-refractivity contribution in [3.63, 3.8) is 0 Å². The quantitative estimate of drug-likeness (QED) is 0.885. The molecule has 0 unspecified atom stereocenters. The Hall–Kier alpha value is -1.81. The first kappa shape index (κ1) is 15.6. The van der Waals surface area contributed by atoms with Gasteiger partial charge in [0.1, 0.15) is 5.75 Å². The van der Waals surface area contributed by atoms with E-state index in [2.05, 4.69) is 21.2 Å². The number of anilines is 1. The van der Waals surface area contributed by atoms with E-state index in [1.54, 1.807) is 6.92 Å². The topological polar surface area (TPSA) is 38.3 Å². The van der Waals surface area contributed by atoms with Crippen molar-refractivity contribution in [2.45, 2.75) is 26.9 Å². The normalized spacial score (nSPS) is 11.8. The van der Waals surface area contributed by atoms with E-state index in [-0.39, 0.29) is 5.91 Å². The number of nitrogens with one attached hydrogen (secondary N) is 1. The van der Waals surface area contributed by atoms with Gasteiger partial charge in [-0.05, 0) is 72.1 Å². The Bertz CT molecular complexity index is 655. The molecule has 110 valence electrons. The van der Waals surface area contributed by atoms with Crippen LogP contribution in [0.15, 0.2) is 46.9 Å². The van der Waals surface area contributed by atoms with E-state index in [1.165, 1.54) is 0 Å². The minimum absolute atomic E-state index is 0.180. The zero-order valence-electron chi connectivity index (χ0n) is 12.3. The average Bonchev–Trinajstić information content (AvgIpc) is 2.41. The summed E-state index contributed by atoms with van der Waals surface area (Å²) < 4.78 is 6.53. The van der Waals surface area contributed by atoms with Gasteiger partial charge in [0, 0.05) is 4.47 Å². The van der Waals surface area contributed by atoms with E-state index in [0.29, 0.717) is 5.75 Å². The van der Waals surface area contributed by atoms with Crippen LogP contribution in [0.2, 0.25) is 0 Å². The Balaban J connectivity index is 2.02. The first-order valence-electron chi connectivity index (χ1n) is 6.76. The highest BCUT2D eigenvalue weighted by Gasteiger charge is 2.16. The molecule has 0 bridgehead atoms. The van der Waals surface area contributed by atoms with Crippen molar-refractivity contribution in [2.75, 3.05) is 5.32 Å². The van der Waals surface area contributed by atoms with Crippen molar-refractivity contribution >= 4 is 27.5 Å². The molecular weight excluding hydrogens is 330 g/mol. The second-order valence-electron chi connectivity index (χ2n) is 5.05. The smallest absolute Gasteiger partial charge is 0.265 e. The van der Waals surface area contributed by atoms with Crippen LogP contribution in [0.3, 0.4) is 0 Å². The zero-order valence-corrected chi connectivity index (χ0v) is 13.9. The fraction of sp³-hybridized carbons (Fsp3) is 0.235. The van der Waals surface area contributed by atoms with Gasteiger partial charge in [0.2, 0.25) is 0 Å². The molecule has 0 aliphatic rings. The molecule has 21 heavy (non-hydrogen) atoms. The standard InChI is InChI=1S/C17H18BrNO2/c1-11-5-4-6-14(9-11)21-13(3)17(20)19-16-8-7-12(2)10-15(16)18/h4-10,13H,1-3H3,(H,19,20)/t13-/m0/s1. The van der Waals surface area contributed by atoms with Gasteiger partial charge in [-0.15, -0.1) is 0 Å². The summed E-state index contributed by atoms with van der Waals surface area (Å²) in [4.78, 5) is 12.2. The minimum atomic E-state index is -0.569. The molecule has 0 aliphatic carbocycles. The van der Waals surface area contributed by atoms with Crippen LogP contribution in [-0.4, -0.2) is 12.0 Å². The van der Waals surface area contributed by atoms with Crippen molar-refractivity contribution in [3.05, 3.63) is 58.1 Å². The van der Waals surface area contributed by atoms with Gasteiger partial charge in [0.05, 0.1) is 5.69 Å². The molecule has 0 saturated heterocycles. The van der Waals surface area contributed by atoms with Gasteiger partial charge in [0.15, 0.2) is 6.10 Å². The van der Waals surface area contributed by atoms with Gasteiger partial charge >= 0.3 is 0 Å². The van der Waals surface area contributed by atoms with Crippen LogP contribution in [0.1, 0.15) is 18.1 Å². The highest BCUT2D eigenvalue weighted by atomic mass is 79.9. The van der Waals surface area contributed by atoms with Crippen LogP contribution in [0.25, 0.3) is 0 Å². The van der Waals surface area contributed by atoms with Crippen LogP contribution >= 0.6 is 15.9 Å². The molecule has 0 heterocycles. The van der Waals surface area contributed by atoms with Crippen LogP contribution in [-0.2, 0) is 4.79 Å². The van der Waals surface area contributed by atoms with Crippen molar-refractivity contribution in [1.29, 1.82) is 0 Å². The molecule has 0 spiro atoms. The lowest BCUT2D eigenvalue weighted by Gasteiger charge is -2.16. The summed E-state index contributed by atoms with van der Waals surface area (Å²) in [6.45, 7) is 5.72. The summed E-state index contributed by atoms with van der Waals surface area (Å²) >= 11 is 3.45. The number of benzene rings is 2. The third-order valence-electron chi connectivity index (χ3n) is 3.05. The molecular formula is C17H18BrNO2. The number of carbonyl (C=O) groups excluding carboxylic acids is 1. The van der Waals surface area contributed by atoms with Gasteiger partial charge in [-0.2, -0.15) is 0 Å². The molecule has 1 N–H and O–H groups in total. The Morgan fingerprint density at radius 2 is 1.86 bits per heavy atom.